The van der Waals surface area contributed by atoms with Crippen LogP contribution in [0.4, 0.5) is 0 Å². The van der Waals surface area contributed by atoms with Gasteiger partial charge in [-0.2, -0.15) is 0 Å². The molecule has 0 saturated heterocycles. The molecule has 1 unspecified atom stereocenters. The average molecular weight is 814 g/mol. The maximum absolute atomic E-state index is 12.6. The van der Waals surface area contributed by atoms with E-state index in [-0.39, 0.29) is 32.6 Å². The highest BCUT2D eigenvalue weighted by molar-refractivity contribution is 7.47. The van der Waals surface area contributed by atoms with Crippen molar-refractivity contribution in [3.8, 4) is 0 Å². The van der Waals surface area contributed by atoms with Gasteiger partial charge in [0.2, 0.25) is 0 Å². The number of rotatable bonds is 38. The summed E-state index contributed by atoms with van der Waals surface area (Å²) in [6.07, 6.45) is 55.6. The molecule has 0 fully saturated rings. The van der Waals surface area contributed by atoms with E-state index in [1.165, 1.54) is 25.7 Å². The number of phosphoric acid groups is 1. The molecule has 9 nitrogen and oxygen atoms in total. The van der Waals surface area contributed by atoms with E-state index in [4.69, 9.17) is 24.3 Å². The van der Waals surface area contributed by atoms with Crippen molar-refractivity contribution in [3.63, 3.8) is 0 Å². The van der Waals surface area contributed by atoms with E-state index in [0.717, 1.165) is 77.0 Å². The molecule has 0 spiro atoms. The number of unbranched alkanes of at least 4 members (excludes halogenated alkanes) is 7. The van der Waals surface area contributed by atoms with Crippen LogP contribution in [0.2, 0.25) is 0 Å². The lowest BCUT2D eigenvalue weighted by Crippen LogP contribution is -2.29. The van der Waals surface area contributed by atoms with Crippen LogP contribution in [-0.2, 0) is 32.7 Å². The SMILES string of the molecule is CC/C=C\C/C=C\C/C=C\C/C=C\C/C=C\C/C=C\CCC(=O)OC[C@H](COP(=O)(O)OCCN)OC(=O)CCCCCC/C=C\C/C=C\C/C=C\CCCCC. The van der Waals surface area contributed by atoms with Crippen molar-refractivity contribution in [2.24, 2.45) is 5.73 Å². The van der Waals surface area contributed by atoms with Gasteiger partial charge >= 0.3 is 19.8 Å². The van der Waals surface area contributed by atoms with Crippen molar-refractivity contribution in [2.75, 3.05) is 26.4 Å². The zero-order valence-electron chi connectivity index (χ0n) is 35.3. The van der Waals surface area contributed by atoms with Crippen molar-refractivity contribution >= 4 is 19.8 Å². The molecule has 0 aromatic rings. The molecule has 10 heteroatoms. The van der Waals surface area contributed by atoms with Crippen LogP contribution in [0.5, 0.6) is 0 Å². The second-order valence-electron chi connectivity index (χ2n) is 13.5. The zero-order chi connectivity index (χ0) is 41.8. The first-order valence-electron chi connectivity index (χ1n) is 21.4. The summed E-state index contributed by atoms with van der Waals surface area (Å²) in [6.45, 7) is 3.44. The first kappa shape index (κ1) is 53.7. The molecular weight excluding hydrogens is 737 g/mol. The molecule has 0 aliphatic carbocycles. The molecule has 0 aromatic heterocycles. The summed E-state index contributed by atoms with van der Waals surface area (Å²) in [6, 6.07) is 0. The molecule has 0 aliphatic rings. The monoisotopic (exact) mass is 814 g/mol. The van der Waals surface area contributed by atoms with Crippen molar-refractivity contribution in [3.05, 3.63) is 109 Å². The Kier molecular flexibility index (Phi) is 39.8. The molecule has 2 atom stereocenters. The number of carbonyl (C=O) groups is 2. The van der Waals surface area contributed by atoms with Crippen molar-refractivity contribution in [2.45, 2.75) is 148 Å². The topological polar surface area (TPSA) is 134 Å². The lowest BCUT2D eigenvalue weighted by Gasteiger charge is -2.19. The minimum atomic E-state index is -4.41. The number of hydrogen-bond donors (Lipinski definition) is 2. The fraction of sp³-hybridized carbons (Fsp3) is 0.574. The van der Waals surface area contributed by atoms with E-state index >= 15 is 0 Å². The predicted octanol–water partition coefficient (Wildman–Crippen LogP) is 12.4. The van der Waals surface area contributed by atoms with Gasteiger partial charge in [-0.3, -0.25) is 18.6 Å². The highest BCUT2D eigenvalue weighted by Crippen LogP contribution is 2.43. The summed E-state index contributed by atoms with van der Waals surface area (Å²) >= 11 is 0. The van der Waals surface area contributed by atoms with Crippen LogP contribution in [0.1, 0.15) is 142 Å². The van der Waals surface area contributed by atoms with Gasteiger partial charge in [0.1, 0.15) is 6.61 Å². The number of carbonyl (C=O) groups excluding carboxylic acids is 2. The minimum absolute atomic E-state index is 0.0334. The highest BCUT2D eigenvalue weighted by atomic mass is 31.2. The van der Waals surface area contributed by atoms with E-state index in [1.54, 1.807) is 0 Å². The van der Waals surface area contributed by atoms with Crippen LogP contribution in [0.3, 0.4) is 0 Å². The van der Waals surface area contributed by atoms with Gasteiger partial charge in [-0.05, 0) is 89.9 Å². The maximum atomic E-state index is 12.6. The lowest BCUT2D eigenvalue weighted by molar-refractivity contribution is -0.161. The second kappa shape index (κ2) is 42.3. The van der Waals surface area contributed by atoms with E-state index in [0.29, 0.717) is 12.8 Å². The number of ether oxygens (including phenoxy) is 2. The first-order chi connectivity index (χ1) is 27.8. The Hall–Kier alpha value is -3.33. The predicted molar refractivity (Wildman–Crippen MR) is 238 cm³/mol. The van der Waals surface area contributed by atoms with Gasteiger partial charge in [0, 0.05) is 19.4 Å². The van der Waals surface area contributed by atoms with Crippen LogP contribution in [0, 0.1) is 0 Å². The molecular formula is C47H76NO8P. The number of phosphoric ester groups is 1. The smallest absolute Gasteiger partial charge is 0.462 e. The lowest BCUT2D eigenvalue weighted by atomic mass is 10.1. The number of allylic oxidation sites excluding steroid dienone is 18. The average Bonchev–Trinajstić information content (AvgIpc) is 3.20. The van der Waals surface area contributed by atoms with Crippen LogP contribution in [0.25, 0.3) is 0 Å². The van der Waals surface area contributed by atoms with E-state index in [1.807, 2.05) is 12.2 Å². The first-order valence-corrected chi connectivity index (χ1v) is 22.9. The van der Waals surface area contributed by atoms with E-state index in [2.05, 4.69) is 111 Å². The van der Waals surface area contributed by atoms with Crippen LogP contribution >= 0.6 is 7.82 Å². The van der Waals surface area contributed by atoms with Gasteiger partial charge in [0.15, 0.2) is 6.10 Å². The standard InChI is InChI=1S/C47H76NO8P/c1-3-5-7-9-11-13-15-17-19-21-22-24-25-27-29-31-33-35-37-39-46(49)53-43-45(44-55-57(51,52)54-42-41-48)56-47(50)40-38-36-34-32-30-28-26-23-20-18-16-14-12-10-8-6-4-2/h5,7,11-14,17-20,22,24,26-29,33,35,45H,3-4,6,8-10,15-16,21,23,25,30-32,34,36-44,48H2,1-2H3,(H,51,52)/b7-5-,13-11-,14-12-,19-17-,20-18-,24-22-,28-26-,29-27-,35-33-/t45-/m1/s1. The number of nitrogens with two attached hydrogens (primary N) is 1. The number of hydrogen-bond acceptors (Lipinski definition) is 8. The molecule has 0 aromatic carbocycles. The Balaban J connectivity index is 4.36. The van der Waals surface area contributed by atoms with Gasteiger partial charge in [-0.15, -0.1) is 0 Å². The normalized spacial score (nSPS) is 14.4. The van der Waals surface area contributed by atoms with Gasteiger partial charge in [-0.1, -0.05) is 149 Å². The van der Waals surface area contributed by atoms with Crippen LogP contribution in [0.15, 0.2) is 109 Å². The maximum Gasteiger partial charge on any atom is 0.472 e. The van der Waals surface area contributed by atoms with Gasteiger partial charge in [0.05, 0.1) is 13.2 Å². The molecule has 0 amide bonds. The highest BCUT2D eigenvalue weighted by Gasteiger charge is 2.25. The Morgan fingerprint density at radius 3 is 1.49 bits per heavy atom. The van der Waals surface area contributed by atoms with Crippen molar-refractivity contribution < 1.29 is 37.6 Å². The second-order valence-corrected chi connectivity index (χ2v) is 14.9. The summed E-state index contributed by atoms with van der Waals surface area (Å²) in [5, 5.41) is 0. The number of esters is 2. The summed E-state index contributed by atoms with van der Waals surface area (Å²) in [5.74, 6) is -0.965. The summed E-state index contributed by atoms with van der Waals surface area (Å²) < 4.78 is 32.7. The molecule has 0 rings (SSSR count). The zero-order valence-corrected chi connectivity index (χ0v) is 36.2. The molecule has 3 N–H and O–H groups in total. The third kappa shape index (κ3) is 42.1. The van der Waals surface area contributed by atoms with E-state index in [9.17, 15) is 19.0 Å². The van der Waals surface area contributed by atoms with Gasteiger partial charge in [0.25, 0.3) is 0 Å². The van der Waals surface area contributed by atoms with E-state index < -0.39 is 32.5 Å². The van der Waals surface area contributed by atoms with Gasteiger partial charge in [-0.25, -0.2) is 4.57 Å². The third-order valence-electron chi connectivity index (χ3n) is 8.16. The summed E-state index contributed by atoms with van der Waals surface area (Å²) in [5.41, 5.74) is 5.34. The molecule has 0 heterocycles. The van der Waals surface area contributed by atoms with Crippen LogP contribution in [-0.4, -0.2) is 49.3 Å². The quantitative estimate of drug-likeness (QED) is 0.0270. The molecule has 57 heavy (non-hydrogen) atoms. The molecule has 0 aliphatic heterocycles. The fourth-order valence-corrected chi connectivity index (χ4v) is 5.78. The Labute approximate surface area is 346 Å². The third-order valence-corrected chi connectivity index (χ3v) is 9.14. The van der Waals surface area contributed by atoms with Gasteiger partial charge < -0.3 is 20.1 Å². The fourth-order valence-electron chi connectivity index (χ4n) is 5.02. The summed E-state index contributed by atoms with van der Waals surface area (Å²) in [4.78, 5) is 34.8. The molecule has 0 radical (unpaired) electrons. The largest absolute Gasteiger partial charge is 0.472 e. The minimum Gasteiger partial charge on any atom is -0.462 e. The Morgan fingerprint density at radius 1 is 0.544 bits per heavy atom. The molecule has 322 valence electrons. The molecule has 0 bridgehead atoms. The van der Waals surface area contributed by atoms with Crippen molar-refractivity contribution in [1.29, 1.82) is 0 Å². The van der Waals surface area contributed by atoms with Crippen LogP contribution < -0.4 is 5.73 Å². The van der Waals surface area contributed by atoms with Crippen molar-refractivity contribution in [1.82, 2.24) is 0 Å². The molecule has 0 saturated carbocycles. The summed E-state index contributed by atoms with van der Waals surface area (Å²) in [7, 11) is -4.41. The Morgan fingerprint density at radius 2 is 1.00 bits per heavy atom. The Bertz CT molecular complexity index is 1290.